The average Bonchev–Trinajstić information content (AvgIpc) is 1.94. The van der Waals surface area contributed by atoms with Crippen molar-refractivity contribution in [3.63, 3.8) is 0 Å². The van der Waals surface area contributed by atoms with Gasteiger partial charge < -0.3 is 0 Å². The van der Waals surface area contributed by atoms with E-state index in [1.165, 1.54) is 6.07 Å². The van der Waals surface area contributed by atoms with Crippen molar-refractivity contribution in [1.82, 2.24) is 0 Å². The van der Waals surface area contributed by atoms with Crippen molar-refractivity contribution in [1.29, 1.82) is 0 Å². The molecule has 0 N–H and O–H groups in total. The van der Waals surface area contributed by atoms with E-state index in [9.17, 15) is 4.39 Å². The zero-order valence-corrected chi connectivity index (χ0v) is 8.61. The summed E-state index contributed by atoms with van der Waals surface area (Å²) in [6, 6.07) is 6.36. The van der Waals surface area contributed by atoms with Crippen molar-refractivity contribution < 1.29 is 4.39 Å². The highest BCUT2D eigenvalue weighted by Gasteiger charge is 1.89. The number of halogens is 1. The first-order chi connectivity index (χ1) is 5.54. The minimum absolute atomic E-state index is 0.268. The fourth-order valence-electron chi connectivity index (χ4n) is 0.452. The summed E-state index contributed by atoms with van der Waals surface area (Å²) in [6.45, 7) is 6.50. The Balaban J connectivity index is 0.000000261. The van der Waals surface area contributed by atoms with Gasteiger partial charge in [0.25, 0.3) is 0 Å². The van der Waals surface area contributed by atoms with Crippen LogP contribution in [0.5, 0.6) is 0 Å². The molecule has 0 saturated carbocycles. The van der Waals surface area contributed by atoms with Gasteiger partial charge in [0, 0.05) is 4.90 Å². The van der Waals surface area contributed by atoms with Gasteiger partial charge in [-0.05, 0) is 18.1 Å². The number of rotatable bonds is 0. The minimum atomic E-state index is -0.268. The minimum Gasteiger partial charge on any atom is -0.206 e. The Morgan fingerprint density at radius 2 is 1.58 bits per heavy atom. The average molecular weight is 186 g/mol. The standard InChI is InChI=1S/C6H5FS.C4H10/c7-5-3-1-2-4-6(5)8;1-4(2)3/h1-4,8H;4H,1-3H3. The Kier molecular flexibility index (Phi) is 5.81. The van der Waals surface area contributed by atoms with Gasteiger partial charge in [0.2, 0.25) is 0 Å². The topological polar surface area (TPSA) is 0 Å². The van der Waals surface area contributed by atoms with Crippen molar-refractivity contribution in [2.75, 3.05) is 0 Å². The van der Waals surface area contributed by atoms with Gasteiger partial charge in [0.05, 0.1) is 0 Å². The Bertz CT molecular complexity index is 197. The van der Waals surface area contributed by atoms with E-state index in [-0.39, 0.29) is 5.82 Å². The molecule has 0 heterocycles. The summed E-state index contributed by atoms with van der Waals surface area (Å²) in [6.07, 6.45) is 0. The summed E-state index contributed by atoms with van der Waals surface area (Å²) < 4.78 is 12.2. The van der Waals surface area contributed by atoms with E-state index >= 15 is 0 Å². The smallest absolute Gasteiger partial charge is 0.136 e. The second-order valence-electron chi connectivity index (χ2n) is 3.18. The molecule has 0 spiro atoms. The summed E-state index contributed by atoms with van der Waals surface area (Å²) in [4.78, 5) is 0.396. The maximum absolute atomic E-state index is 12.2. The number of benzene rings is 1. The van der Waals surface area contributed by atoms with Crippen LogP contribution in [0.1, 0.15) is 20.8 Å². The predicted molar refractivity (Wildman–Crippen MR) is 54.2 cm³/mol. The lowest BCUT2D eigenvalue weighted by Gasteiger charge is -1.88. The predicted octanol–water partition coefficient (Wildman–Crippen LogP) is 3.78. The van der Waals surface area contributed by atoms with Crippen molar-refractivity contribution in [2.45, 2.75) is 25.7 Å². The monoisotopic (exact) mass is 186 g/mol. The Labute approximate surface area is 79.2 Å². The second kappa shape index (κ2) is 6.06. The molecule has 68 valence electrons. The van der Waals surface area contributed by atoms with E-state index in [1.807, 2.05) is 0 Å². The molecule has 0 radical (unpaired) electrons. The van der Waals surface area contributed by atoms with Crippen LogP contribution in [0.2, 0.25) is 0 Å². The molecule has 1 aromatic carbocycles. The van der Waals surface area contributed by atoms with Gasteiger partial charge >= 0.3 is 0 Å². The molecule has 0 unspecified atom stereocenters. The van der Waals surface area contributed by atoms with E-state index < -0.39 is 0 Å². The molecule has 0 amide bonds. The quantitative estimate of drug-likeness (QED) is 0.586. The Morgan fingerprint density at radius 3 is 1.83 bits per heavy atom. The van der Waals surface area contributed by atoms with Gasteiger partial charge in [-0.2, -0.15) is 0 Å². The zero-order valence-electron chi connectivity index (χ0n) is 7.71. The highest BCUT2D eigenvalue weighted by atomic mass is 32.1. The molecule has 1 rings (SSSR count). The summed E-state index contributed by atoms with van der Waals surface area (Å²) in [7, 11) is 0. The number of hydrogen-bond acceptors (Lipinski definition) is 1. The molecule has 0 aliphatic heterocycles. The molecule has 2 heteroatoms. The van der Waals surface area contributed by atoms with Crippen LogP contribution < -0.4 is 0 Å². The molecular formula is C10H15FS. The van der Waals surface area contributed by atoms with Gasteiger partial charge in [0.15, 0.2) is 0 Å². The third-order valence-electron chi connectivity index (χ3n) is 0.852. The summed E-state index contributed by atoms with van der Waals surface area (Å²) in [5.74, 6) is 0.566. The summed E-state index contributed by atoms with van der Waals surface area (Å²) >= 11 is 3.82. The van der Waals surface area contributed by atoms with Crippen molar-refractivity contribution in [2.24, 2.45) is 5.92 Å². The molecular weight excluding hydrogens is 171 g/mol. The molecule has 0 aliphatic carbocycles. The highest BCUT2D eigenvalue weighted by Crippen LogP contribution is 2.08. The molecule has 0 aliphatic rings. The van der Waals surface area contributed by atoms with E-state index in [4.69, 9.17) is 0 Å². The molecule has 0 fully saturated rings. The maximum atomic E-state index is 12.2. The maximum Gasteiger partial charge on any atom is 0.136 e. The van der Waals surface area contributed by atoms with Crippen molar-refractivity contribution in [3.05, 3.63) is 30.1 Å². The fraction of sp³-hybridized carbons (Fsp3) is 0.400. The van der Waals surface area contributed by atoms with Crippen LogP contribution in [-0.2, 0) is 0 Å². The largest absolute Gasteiger partial charge is 0.206 e. The second-order valence-corrected chi connectivity index (χ2v) is 3.67. The molecule has 0 aromatic heterocycles. The lowest BCUT2D eigenvalue weighted by atomic mass is 10.3. The molecule has 1 aromatic rings. The molecule has 0 saturated heterocycles. The van der Waals surface area contributed by atoms with Crippen LogP contribution >= 0.6 is 12.6 Å². The Morgan fingerprint density at radius 1 is 1.17 bits per heavy atom. The van der Waals surface area contributed by atoms with Gasteiger partial charge in [0.1, 0.15) is 5.82 Å². The zero-order chi connectivity index (χ0) is 9.56. The van der Waals surface area contributed by atoms with E-state index in [1.54, 1.807) is 18.2 Å². The number of hydrogen-bond donors (Lipinski definition) is 1. The van der Waals surface area contributed by atoms with Crippen LogP contribution in [0.25, 0.3) is 0 Å². The normalized spacial score (nSPS) is 9.17. The summed E-state index contributed by atoms with van der Waals surface area (Å²) in [5.41, 5.74) is 0. The van der Waals surface area contributed by atoms with E-state index in [2.05, 4.69) is 33.4 Å². The lowest BCUT2D eigenvalue weighted by molar-refractivity contribution is 0.602. The van der Waals surface area contributed by atoms with Crippen molar-refractivity contribution >= 4 is 12.6 Å². The lowest BCUT2D eigenvalue weighted by Crippen LogP contribution is -1.71. The highest BCUT2D eigenvalue weighted by molar-refractivity contribution is 7.80. The van der Waals surface area contributed by atoms with Gasteiger partial charge in [-0.1, -0.05) is 32.9 Å². The first-order valence-corrected chi connectivity index (χ1v) is 4.42. The molecule has 12 heavy (non-hydrogen) atoms. The molecule has 0 nitrogen and oxygen atoms in total. The van der Waals surface area contributed by atoms with Crippen LogP contribution in [0.3, 0.4) is 0 Å². The number of thiol groups is 1. The van der Waals surface area contributed by atoms with Crippen LogP contribution in [0.4, 0.5) is 4.39 Å². The third-order valence-corrected chi connectivity index (χ3v) is 1.22. The van der Waals surface area contributed by atoms with Crippen LogP contribution in [-0.4, -0.2) is 0 Å². The van der Waals surface area contributed by atoms with Crippen molar-refractivity contribution in [3.8, 4) is 0 Å². The summed E-state index contributed by atoms with van der Waals surface area (Å²) in [5, 5.41) is 0. The first-order valence-electron chi connectivity index (χ1n) is 3.97. The fourth-order valence-corrected chi connectivity index (χ4v) is 0.612. The van der Waals surface area contributed by atoms with Gasteiger partial charge in [-0.25, -0.2) is 4.39 Å². The Hall–Kier alpha value is -0.500. The molecule has 0 atom stereocenters. The van der Waals surface area contributed by atoms with Crippen LogP contribution in [0, 0.1) is 11.7 Å². The first kappa shape index (κ1) is 11.5. The van der Waals surface area contributed by atoms with Gasteiger partial charge in [-0.3, -0.25) is 0 Å². The van der Waals surface area contributed by atoms with Crippen LogP contribution in [0.15, 0.2) is 29.2 Å². The third kappa shape index (κ3) is 6.23. The van der Waals surface area contributed by atoms with E-state index in [0.29, 0.717) is 4.90 Å². The molecule has 0 bridgehead atoms. The van der Waals surface area contributed by atoms with Gasteiger partial charge in [-0.15, -0.1) is 12.6 Å². The SMILES string of the molecule is CC(C)C.Fc1ccccc1S. The van der Waals surface area contributed by atoms with E-state index in [0.717, 1.165) is 5.92 Å².